The lowest BCUT2D eigenvalue weighted by Gasteiger charge is -2.30. The first-order valence-corrected chi connectivity index (χ1v) is 11.2. The Morgan fingerprint density at radius 1 is 1.00 bits per heavy atom. The van der Waals surface area contributed by atoms with Gasteiger partial charge >= 0.3 is 0 Å². The van der Waals surface area contributed by atoms with Crippen LogP contribution in [0.25, 0.3) is 6.08 Å². The molecule has 0 unspecified atom stereocenters. The third kappa shape index (κ3) is 7.09. The molecule has 0 aromatic heterocycles. The second-order valence-corrected chi connectivity index (χ2v) is 8.32. The number of carbonyl (C=O) groups excluding carboxylic acids is 2. The van der Waals surface area contributed by atoms with Crippen molar-refractivity contribution in [1.29, 1.82) is 0 Å². The molecule has 0 saturated carbocycles. The fraction of sp³-hybridized carbons (Fsp3) is 0.333. The molecule has 1 heterocycles. The lowest BCUT2D eigenvalue weighted by molar-refractivity contribution is -0.132. The number of amides is 2. The first-order chi connectivity index (χ1) is 14.2. The van der Waals surface area contributed by atoms with Gasteiger partial charge in [0.25, 0.3) is 0 Å². The first-order valence-electron chi connectivity index (χ1n) is 10.2. The van der Waals surface area contributed by atoms with E-state index in [4.69, 9.17) is 0 Å². The Bertz CT molecular complexity index is 800. The number of hydrogen-bond donors (Lipinski definition) is 1. The number of piperidine rings is 1. The number of thioether (sulfide) groups is 1. The highest BCUT2D eigenvalue weighted by Gasteiger charge is 2.26. The maximum absolute atomic E-state index is 12.4. The Balaban J connectivity index is 1.31. The van der Waals surface area contributed by atoms with Gasteiger partial charge in [0.15, 0.2) is 0 Å². The fourth-order valence-corrected chi connectivity index (χ4v) is 4.21. The van der Waals surface area contributed by atoms with Crippen LogP contribution in [0.15, 0.2) is 71.6 Å². The van der Waals surface area contributed by atoms with Crippen LogP contribution in [0.2, 0.25) is 0 Å². The van der Waals surface area contributed by atoms with Crippen LogP contribution in [0.1, 0.15) is 24.8 Å². The topological polar surface area (TPSA) is 49.4 Å². The molecule has 3 rings (SSSR count). The summed E-state index contributed by atoms with van der Waals surface area (Å²) in [5.74, 6) is 1.15. The third-order valence-corrected chi connectivity index (χ3v) is 6.13. The summed E-state index contributed by atoms with van der Waals surface area (Å²) in [6, 6.07) is 20.1. The normalized spacial score (nSPS) is 14.8. The molecule has 0 spiro atoms. The predicted octanol–water partition coefficient (Wildman–Crippen LogP) is 4.24. The highest BCUT2D eigenvalue weighted by Crippen LogP contribution is 2.19. The van der Waals surface area contributed by atoms with Crippen LogP contribution in [0.4, 0.5) is 0 Å². The van der Waals surface area contributed by atoms with Crippen LogP contribution in [0.5, 0.6) is 0 Å². The van der Waals surface area contributed by atoms with Crippen molar-refractivity contribution in [2.75, 3.05) is 25.4 Å². The molecule has 152 valence electrons. The Labute approximate surface area is 177 Å². The van der Waals surface area contributed by atoms with Crippen molar-refractivity contribution in [3.63, 3.8) is 0 Å². The minimum absolute atomic E-state index is 0.0129. The molecule has 1 saturated heterocycles. The van der Waals surface area contributed by atoms with E-state index >= 15 is 0 Å². The molecule has 4 nitrogen and oxygen atoms in total. The lowest BCUT2D eigenvalue weighted by atomic mass is 9.96. The summed E-state index contributed by atoms with van der Waals surface area (Å²) >= 11 is 1.81. The van der Waals surface area contributed by atoms with E-state index in [0.717, 1.165) is 30.6 Å². The van der Waals surface area contributed by atoms with E-state index < -0.39 is 0 Å². The summed E-state index contributed by atoms with van der Waals surface area (Å²) in [6.45, 7) is 1.98. The third-order valence-electron chi connectivity index (χ3n) is 5.03. The number of likely N-dealkylation sites (tertiary alicyclic amines) is 1. The van der Waals surface area contributed by atoms with E-state index in [1.54, 1.807) is 6.08 Å². The minimum atomic E-state index is 0.0129. The van der Waals surface area contributed by atoms with Crippen molar-refractivity contribution >= 4 is 29.7 Å². The van der Waals surface area contributed by atoms with Crippen molar-refractivity contribution < 1.29 is 9.59 Å². The summed E-state index contributed by atoms with van der Waals surface area (Å²) in [7, 11) is 0. The highest BCUT2D eigenvalue weighted by molar-refractivity contribution is 7.99. The van der Waals surface area contributed by atoms with E-state index in [-0.39, 0.29) is 17.7 Å². The number of rotatable bonds is 8. The first kappa shape index (κ1) is 21.2. The predicted molar refractivity (Wildman–Crippen MR) is 120 cm³/mol. The smallest absolute Gasteiger partial charge is 0.246 e. The second-order valence-electron chi connectivity index (χ2n) is 7.15. The number of carbonyl (C=O) groups is 2. The molecule has 2 aromatic carbocycles. The van der Waals surface area contributed by atoms with Crippen molar-refractivity contribution in [1.82, 2.24) is 10.2 Å². The van der Waals surface area contributed by atoms with Gasteiger partial charge in [-0.3, -0.25) is 9.59 Å². The Morgan fingerprint density at radius 3 is 2.34 bits per heavy atom. The lowest BCUT2D eigenvalue weighted by Crippen LogP contribution is -2.42. The van der Waals surface area contributed by atoms with Gasteiger partial charge in [-0.1, -0.05) is 48.5 Å². The SMILES string of the molecule is O=C(NCCCSc1ccccc1)C1CCN(C(=O)/C=C/c2ccccc2)CC1. The van der Waals surface area contributed by atoms with Crippen molar-refractivity contribution in [3.05, 3.63) is 72.3 Å². The summed E-state index contributed by atoms with van der Waals surface area (Å²) in [4.78, 5) is 27.8. The van der Waals surface area contributed by atoms with Gasteiger partial charge in [0.05, 0.1) is 0 Å². The molecule has 5 heteroatoms. The number of benzene rings is 2. The zero-order valence-electron chi connectivity index (χ0n) is 16.6. The van der Waals surface area contributed by atoms with Gasteiger partial charge in [0.1, 0.15) is 0 Å². The molecule has 0 radical (unpaired) electrons. The highest BCUT2D eigenvalue weighted by atomic mass is 32.2. The average Bonchev–Trinajstić information content (AvgIpc) is 2.78. The van der Waals surface area contributed by atoms with Crippen LogP contribution in [0.3, 0.4) is 0 Å². The van der Waals surface area contributed by atoms with Gasteiger partial charge in [-0.25, -0.2) is 0 Å². The van der Waals surface area contributed by atoms with Gasteiger partial charge in [0, 0.05) is 36.5 Å². The van der Waals surface area contributed by atoms with E-state index in [2.05, 4.69) is 17.4 Å². The zero-order valence-corrected chi connectivity index (χ0v) is 17.4. The summed E-state index contributed by atoms with van der Waals surface area (Å²) < 4.78 is 0. The molecule has 0 atom stereocenters. The van der Waals surface area contributed by atoms with Crippen molar-refractivity contribution in [3.8, 4) is 0 Å². The zero-order chi connectivity index (χ0) is 20.3. The molecule has 1 N–H and O–H groups in total. The van der Waals surface area contributed by atoms with Crippen LogP contribution in [-0.4, -0.2) is 42.1 Å². The Kier molecular flexibility index (Phi) is 8.38. The maximum Gasteiger partial charge on any atom is 0.246 e. The molecule has 0 aliphatic carbocycles. The molecular formula is C24H28N2O2S. The van der Waals surface area contributed by atoms with Gasteiger partial charge in [-0.15, -0.1) is 11.8 Å². The van der Waals surface area contributed by atoms with E-state index in [1.807, 2.05) is 71.3 Å². The molecule has 0 bridgehead atoms. The van der Waals surface area contributed by atoms with Gasteiger partial charge < -0.3 is 10.2 Å². The summed E-state index contributed by atoms with van der Waals surface area (Å²) in [6.07, 6.45) is 5.88. The summed E-state index contributed by atoms with van der Waals surface area (Å²) in [5.41, 5.74) is 1.01. The van der Waals surface area contributed by atoms with Crippen LogP contribution in [-0.2, 0) is 9.59 Å². The van der Waals surface area contributed by atoms with E-state index in [9.17, 15) is 9.59 Å². The van der Waals surface area contributed by atoms with Gasteiger partial charge in [-0.2, -0.15) is 0 Å². The number of hydrogen-bond acceptors (Lipinski definition) is 3. The maximum atomic E-state index is 12.4. The molecular weight excluding hydrogens is 380 g/mol. The Hall–Kier alpha value is -2.53. The monoisotopic (exact) mass is 408 g/mol. The van der Waals surface area contributed by atoms with E-state index in [1.165, 1.54) is 4.90 Å². The van der Waals surface area contributed by atoms with Gasteiger partial charge in [-0.05, 0) is 48.8 Å². The average molecular weight is 409 g/mol. The van der Waals surface area contributed by atoms with Crippen molar-refractivity contribution in [2.45, 2.75) is 24.2 Å². The quantitative estimate of drug-likeness (QED) is 0.404. The molecule has 1 aliphatic rings. The fourth-order valence-electron chi connectivity index (χ4n) is 3.33. The van der Waals surface area contributed by atoms with Crippen LogP contribution >= 0.6 is 11.8 Å². The van der Waals surface area contributed by atoms with E-state index in [0.29, 0.717) is 19.6 Å². The summed E-state index contributed by atoms with van der Waals surface area (Å²) in [5, 5.41) is 3.06. The van der Waals surface area contributed by atoms with Gasteiger partial charge in [0.2, 0.25) is 11.8 Å². The Morgan fingerprint density at radius 2 is 1.66 bits per heavy atom. The van der Waals surface area contributed by atoms with Crippen LogP contribution < -0.4 is 5.32 Å². The molecule has 1 fully saturated rings. The standard InChI is InChI=1S/C24H28N2O2S/c27-23(13-12-20-8-3-1-4-9-20)26-17-14-21(15-18-26)24(28)25-16-7-19-29-22-10-5-2-6-11-22/h1-6,8-13,21H,7,14-19H2,(H,25,28)/b13-12+. The molecule has 1 aliphatic heterocycles. The molecule has 2 aromatic rings. The van der Waals surface area contributed by atoms with Crippen LogP contribution in [0, 0.1) is 5.92 Å². The van der Waals surface area contributed by atoms with Crippen molar-refractivity contribution in [2.24, 2.45) is 5.92 Å². The largest absolute Gasteiger partial charge is 0.356 e. The molecule has 29 heavy (non-hydrogen) atoms. The number of nitrogens with zero attached hydrogens (tertiary/aromatic N) is 1. The minimum Gasteiger partial charge on any atom is -0.356 e. The number of nitrogens with one attached hydrogen (secondary N) is 1. The molecule has 2 amide bonds. The second kappa shape index (κ2) is 11.5.